The van der Waals surface area contributed by atoms with Crippen molar-refractivity contribution < 1.29 is 48.9 Å². The van der Waals surface area contributed by atoms with E-state index in [4.69, 9.17) is 27.4 Å². The van der Waals surface area contributed by atoms with Crippen LogP contribution < -0.4 is 33.2 Å². The summed E-state index contributed by atoms with van der Waals surface area (Å²) in [5, 5.41) is 33.2. The number of nitrogens with one attached hydrogen (secondary N) is 3. The molecule has 5 unspecified atom stereocenters. The topological polar surface area (TPSA) is 294 Å². The Bertz CT molecular complexity index is 770. The van der Waals surface area contributed by atoms with Crippen LogP contribution in [0.4, 0.5) is 0 Å². The number of aliphatic hydroxyl groups excluding tert-OH is 1. The molecule has 5 amide bonds. The molecule has 0 saturated heterocycles. The summed E-state index contributed by atoms with van der Waals surface area (Å²) in [5.41, 5.74) is 15.3. The molecule has 0 fully saturated rings. The Balaban J connectivity index is 5.58. The number of carboxylic acids is 2. The molecular weight excluding hydrogens is 436 g/mol. The van der Waals surface area contributed by atoms with E-state index in [1.807, 2.05) is 16.0 Å². The van der Waals surface area contributed by atoms with Gasteiger partial charge in [0, 0.05) is 0 Å². The third-order valence-corrected chi connectivity index (χ3v) is 3.89. The lowest BCUT2D eigenvalue weighted by molar-refractivity contribution is -0.144. The molecule has 0 heterocycles. The lowest BCUT2D eigenvalue weighted by atomic mass is 10.1. The highest BCUT2D eigenvalue weighted by atomic mass is 16.4. The number of amides is 5. The third kappa shape index (κ3) is 10.3. The van der Waals surface area contributed by atoms with Gasteiger partial charge in [0.25, 0.3) is 0 Å². The zero-order chi connectivity index (χ0) is 25.2. The summed E-state index contributed by atoms with van der Waals surface area (Å²) in [5.74, 6) is -8.89. The second-order valence-corrected chi connectivity index (χ2v) is 6.73. The molecule has 12 N–H and O–H groups in total. The summed E-state index contributed by atoms with van der Waals surface area (Å²) >= 11 is 0. The highest BCUT2D eigenvalue weighted by molar-refractivity contribution is 5.97. The summed E-state index contributed by atoms with van der Waals surface area (Å²) in [4.78, 5) is 81.3. The fourth-order valence-corrected chi connectivity index (χ4v) is 2.23. The van der Waals surface area contributed by atoms with Gasteiger partial charge in [0.2, 0.25) is 29.5 Å². The first kappa shape index (κ1) is 28.2. The summed E-state index contributed by atoms with van der Waals surface area (Å²) in [7, 11) is 0. The standard InChI is InChI=1S/C16H26N6O10/c1-5(23)12(19)15(30)21-7(4-11(26)27)14(29)20-6(2-9(17)24)13(28)22-8(16(31)32)3-10(18)25/h5-8,12,23H,2-4,19H2,1H3,(H2,17,24)(H2,18,25)(H,20,29)(H,21,30)(H,22,28)(H,26,27)(H,31,32). The Morgan fingerprint density at radius 2 is 1.09 bits per heavy atom. The Hall–Kier alpha value is -3.79. The van der Waals surface area contributed by atoms with Gasteiger partial charge in [-0.15, -0.1) is 0 Å². The zero-order valence-corrected chi connectivity index (χ0v) is 16.9. The average Bonchev–Trinajstić information content (AvgIpc) is 2.64. The van der Waals surface area contributed by atoms with Gasteiger partial charge in [0.1, 0.15) is 24.2 Å². The van der Waals surface area contributed by atoms with Crippen LogP contribution >= 0.6 is 0 Å². The van der Waals surface area contributed by atoms with Gasteiger partial charge in [0.05, 0.1) is 25.4 Å². The molecule has 0 spiro atoms. The van der Waals surface area contributed by atoms with Crippen LogP contribution in [0.1, 0.15) is 26.2 Å². The molecule has 0 aromatic heterocycles. The first-order chi connectivity index (χ1) is 14.6. The molecular formula is C16H26N6O10. The van der Waals surface area contributed by atoms with Crippen LogP contribution in [0.5, 0.6) is 0 Å². The number of hydrogen-bond donors (Lipinski definition) is 9. The van der Waals surface area contributed by atoms with Crippen LogP contribution in [0.15, 0.2) is 0 Å². The van der Waals surface area contributed by atoms with E-state index in [1.165, 1.54) is 6.92 Å². The van der Waals surface area contributed by atoms with Crippen molar-refractivity contribution in [3.63, 3.8) is 0 Å². The van der Waals surface area contributed by atoms with Crippen molar-refractivity contribution in [3.05, 3.63) is 0 Å². The van der Waals surface area contributed by atoms with Crippen LogP contribution in [-0.2, 0) is 33.6 Å². The van der Waals surface area contributed by atoms with E-state index in [0.29, 0.717) is 0 Å². The maximum atomic E-state index is 12.5. The second-order valence-electron chi connectivity index (χ2n) is 6.73. The quantitative estimate of drug-likeness (QED) is 0.117. The van der Waals surface area contributed by atoms with Crippen LogP contribution in [0.25, 0.3) is 0 Å². The number of rotatable bonds is 14. The Morgan fingerprint density at radius 1 is 0.719 bits per heavy atom. The number of aliphatic hydroxyl groups is 1. The van der Waals surface area contributed by atoms with Crippen molar-refractivity contribution >= 4 is 41.5 Å². The molecule has 0 bridgehead atoms. The molecule has 0 aliphatic carbocycles. The van der Waals surface area contributed by atoms with Gasteiger partial charge < -0.3 is 48.5 Å². The molecule has 0 rings (SSSR count). The van der Waals surface area contributed by atoms with E-state index in [-0.39, 0.29) is 0 Å². The lowest BCUT2D eigenvalue weighted by Crippen LogP contribution is -2.59. The molecule has 0 aromatic carbocycles. The van der Waals surface area contributed by atoms with E-state index in [2.05, 4.69) is 0 Å². The highest BCUT2D eigenvalue weighted by Crippen LogP contribution is 2.02. The predicted molar refractivity (Wildman–Crippen MR) is 103 cm³/mol. The molecule has 5 atom stereocenters. The molecule has 32 heavy (non-hydrogen) atoms. The molecule has 0 saturated carbocycles. The second kappa shape index (κ2) is 12.8. The smallest absolute Gasteiger partial charge is 0.326 e. The fraction of sp³-hybridized carbons (Fsp3) is 0.562. The van der Waals surface area contributed by atoms with Crippen LogP contribution in [0, 0.1) is 0 Å². The van der Waals surface area contributed by atoms with Gasteiger partial charge in [-0.3, -0.25) is 28.8 Å². The van der Waals surface area contributed by atoms with Crippen molar-refractivity contribution in [1.29, 1.82) is 0 Å². The molecule has 16 heteroatoms. The number of hydrogen-bond acceptors (Lipinski definition) is 9. The highest BCUT2D eigenvalue weighted by Gasteiger charge is 2.33. The van der Waals surface area contributed by atoms with E-state index in [1.54, 1.807) is 0 Å². The number of aliphatic carboxylic acids is 2. The molecule has 0 radical (unpaired) electrons. The van der Waals surface area contributed by atoms with Crippen molar-refractivity contribution in [1.82, 2.24) is 16.0 Å². The number of carbonyl (C=O) groups is 7. The summed E-state index contributed by atoms with van der Waals surface area (Å²) < 4.78 is 0. The summed E-state index contributed by atoms with van der Waals surface area (Å²) in [6, 6.07) is -6.86. The van der Waals surface area contributed by atoms with Crippen molar-refractivity contribution in [3.8, 4) is 0 Å². The minimum absolute atomic E-state index is 0.798. The number of carbonyl (C=O) groups excluding carboxylic acids is 5. The minimum atomic E-state index is -1.79. The van der Waals surface area contributed by atoms with E-state index >= 15 is 0 Å². The number of primary amides is 2. The van der Waals surface area contributed by atoms with Gasteiger partial charge in [-0.2, -0.15) is 0 Å². The Morgan fingerprint density at radius 3 is 1.47 bits per heavy atom. The summed E-state index contributed by atoms with van der Waals surface area (Å²) in [6.07, 6.45) is -3.93. The van der Waals surface area contributed by atoms with Crippen LogP contribution in [-0.4, -0.2) is 87.1 Å². The van der Waals surface area contributed by atoms with E-state index in [9.17, 15) is 38.7 Å². The SMILES string of the molecule is CC(O)C(N)C(=O)NC(CC(=O)O)C(=O)NC(CC(N)=O)C(=O)NC(CC(N)=O)C(=O)O. The minimum Gasteiger partial charge on any atom is -0.481 e. The predicted octanol–water partition coefficient (Wildman–Crippen LogP) is -5.54. The first-order valence-corrected chi connectivity index (χ1v) is 9.01. The van der Waals surface area contributed by atoms with E-state index < -0.39 is 91.0 Å². The first-order valence-electron chi connectivity index (χ1n) is 9.01. The fourth-order valence-electron chi connectivity index (χ4n) is 2.23. The lowest BCUT2D eigenvalue weighted by Gasteiger charge is -2.24. The number of nitrogens with two attached hydrogens (primary N) is 3. The van der Waals surface area contributed by atoms with Crippen LogP contribution in [0.2, 0.25) is 0 Å². The Kier molecular flexibility index (Phi) is 11.3. The largest absolute Gasteiger partial charge is 0.481 e. The monoisotopic (exact) mass is 462 g/mol. The van der Waals surface area contributed by atoms with Gasteiger partial charge in [0.15, 0.2) is 0 Å². The molecule has 180 valence electrons. The number of carboxylic acid groups (broad SMARTS) is 2. The maximum Gasteiger partial charge on any atom is 0.326 e. The van der Waals surface area contributed by atoms with Crippen molar-refractivity contribution in [2.24, 2.45) is 17.2 Å². The maximum absolute atomic E-state index is 12.5. The van der Waals surface area contributed by atoms with Gasteiger partial charge in [-0.25, -0.2) is 4.79 Å². The van der Waals surface area contributed by atoms with Gasteiger partial charge >= 0.3 is 11.9 Å². The van der Waals surface area contributed by atoms with Crippen molar-refractivity contribution in [2.45, 2.75) is 56.5 Å². The zero-order valence-electron chi connectivity index (χ0n) is 16.9. The normalized spacial score (nSPS) is 15.2. The Labute approximate surface area is 180 Å². The van der Waals surface area contributed by atoms with Crippen LogP contribution in [0.3, 0.4) is 0 Å². The molecule has 0 aromatic rings. The van der Waals surface area contributed by atoms with Gasteiger partial charge in [-0.1, -0.05) is 0 Å². The van der Waals surface area contributed by atoms with Gasteiger partial charge in [-0.05, 0) is 6.92 Å². The van der Waals surface area contributed by atoms with E-state index in [0.717, 1.165) is 0 Å². The summed E-state index contributed by atoms with van der Waals surface area (Å²) in [6.45, 7) is 1.18. The van der Waals surface area contributed by atoms with Crippen molar-refractivity contribution in [2.75, 3.05) is 0 Å². The average molecular weight is 462 g/mol. The molecule has 0 aliphatic rings. The molecule has 16 nitrogen and oxygen atoms in total. The molecule has 0 aliphatic heterocycles. The third-order valence-electron chi connectivity index (χ3n) is 3.89.